The highest BCUT2D eigenvalue weighted by atomic mass is 35.5. The molecule has 0 heterocycles. The minimum Gasteiger partial charge on any atom is -0.380 e. The van der Waals surface area contributed by atoms with E-state index in [-0.39, 0.29) is 5.91 Å². The molecule has 0 aromatic heterocycles. The minimum atomic E-state index is -0.0216. The summed E-state index contributed by atoms with van der Waals surface area (Å²) in [5.41, 5.74) is 0.746. The molecular weight excluding hydrogens is 286 g/mol. The fourth-order valence-corrected chi connectivity index (χ4v) is 2.56. The molecule has 0 aliphatic carbocycles. The summed E-state index contributed by atoms with van der Waals surface area (Å²) < 4.78 is 5.67. The Labute approximate surface area is 133 Å². The Hall–Kier alpha value is -1.06. The monoisotopic (exact) mass is 311 g/mol. The second-order valence-corrected chi connectivity index (χ2v) is 5.61. The lowest BCUT2D eigenvalue weighted by atomic mass is 10.0. The van der Waals surface area contributed by atoms with E-state index in [0.29, 0.717) is 18.2 Å². The van der Waals surface area contributed by atoms with E-state index in [2.05, 4.69) is 13.8 Å². The average Bonchev–Trinajstić information content (AvgIpc) is 2.47. The van der Waals surface area contributed by atoms with Gasteiger partial charge in [-0.2, -0.15) is 0 Å². The molecule has 0 atom stereocenters. The summed E-state index contributed by atoms with van der Waals surface area (Å²) in [5.74, 6) is 0.712. The van der Waals surface area contributed by atoms with Crippen LogP contribution in [-0.4, -0.2) is 25.7 Å². The molecule has 0 saturated heterocycles. The zero-order valence-electron chi connectivity index (χ0n) is 13.3. The highest BCUT2D eigenvalue weighted by Crippen LogP contribution is 2.25. The van der Waals surface area contributed by atoms with Gasteiger partial charge in [0.2, 0.25) is 5.91 Å². The number of anilines is 1. The summed E-state index contributed by atoms with van der Waals surface area (Å²) >= 11 is 6.15. The van der Waals surface area contributed by atoms with Crippen molar-refractivity contribution >= 4 is 23.2 Å². The van der Waals surface area contributed by atoms with Crippen molar-refractivity contribution in [2.45, 2.75) is 40.0 Å². The molecule has 0 N–H and O–H groups in total. The van der Waals surface area contributed by atoms with E-state index in [0.717, 1.165) is 24.6 Å². The first-order valence-electron chi connectivity index (χ1n) is 7.70. The maximum Gasteiger partial charge on any atom is 0.223 e. The molecule has 1 aromatic carbocycles. The number of nitrogens with zero attached hydrogens (tertiary/aromatic N) is 1. The van der Waals surface area contributed by atoms with Gasteiger partial charge in [0.1, 0.15) is 0 Å². The van der Waals surface area contributed by atoms with Gasteiger partial charge in [0.05, 0.1) is 17.3 Å². The van der Waals surface area contributed by atoms with Gasteiger partial charge in [0, 0.05) is 20.1 Å². The molecule has 21 heavy (non-hydrogen) atoms. The number of hydrogen-bond acceptors (Lipinski definition) is 2. The van der Waals surface area contributed by atoms with Gasteiger partial charge in [-0.1, -0.05) is 50.4 Å². The zero-order valence-corrected chi connectivity index (χ0v) is 14.0. The molecule has 0 spiro atoms. The Morgan fingerprint density at radius 2 is 1.90 bits per heavy atom. The fourth-order valence-electron chi connectivity index (χ4n) is 2.32. The summed E-state index contributed by atoms with van der Waals surface area (Å²) in [5, 5.41) is 0.588. The number of para-hydroxylation sites is 1. The van der Waals surface area contributed by atoms with Crippen molar-refractivity contribution in [3.05, 3.63) is 29.3 Å². The van der Waals surface area contributed by atoms with Crippen molar-refractivity contribution in [3.63, 3.8) is 0 Å². The highest BCUT2D eigenvalue weighted by molar-refractivity contribution is 6.33. The molecule has 0 radical (unpaired) electrons. The molecule has 3 nitrogen and oxygen atoms in total. The number of rotatable bonds is 9. The number of carbonyl (C=O) groups excluding carboxylic acids is 1. The average molecular weight is 312 g/mol. The smallest absolute Gasteiger partial charge is 0.223 e. The second kappa shape index (κ2) is 9.80. The van der Waals surface area contributed by atoms with E-state index in [1.807, 2.05) is 18.2 Å². The van der Waals surface area contributed by atoms with Crippen LogP contribution in [0.2, 0.25) is 5.02 Å². The Morgan fingerprint density at radius 3 is 2.48 bits per heavy atom. The van der Waals surface area contributed by atoms with Gasteiger partial charge in [-0.05, 0) is 24.5 Å². The van der Waals surface area contributed by atoms with Gasteiger partial charge in [0.15, 0.2) is 0 Å². The van der Waals surface area contributed by atoms with Gasteiger partial charge in [-0.15, -0.1) is 0 Å². The minimum absolute atomic E-state index is 0.0216. The molecule has 0 bridgehead atoms. The lowest BCUT2D eigenvalue weighted by Crippen LogP contribution is -2.32. The normalized spacial score (nSPS) is 10.9. The van der Waals surface area contributed by atoms with Crippen molar-refractivity contribution < 1.29 is 9.53 Å². The van der Waals surface area contributed by atoms with Gasteiger partial charge in [-0.25, -0.2) is 0 Å². The topological polar surface area (TPSA) is 29.5 Å². The third kappa shape index (κ3) is 6.06. The lowest BCUT2D eigenvalue weighted by Gasteiger charge is -2.22. The summed E-state index contributed by atoms with van der Waals surface area (Å²) in [6.07, 6.45) is 3.47. The first kappa shape index (κ1) is 18.0. The van der Waals surface area contributed by atoms with Crippen molar-refractivity contribution in [3.8, 4) is 0 Å². The predicted octanol–water partition coefficient (Wildman–Crippen LogP) is 4.54. The maximum atomic E-state index is 11.8. The van der Waals surface area contributed by atoms with E-state index < -0.39 is 0 Å². The second-order valence-electron chi connectivity index (χ2n) is 5.21. The molecule has 0 aliphatic heterocycles. The molecule has 4 heteroatoms. The van der Waals surface area contributed by atoms with Crippen LogP contribution in [-0.2, 0) is 9.53 Å². The van der Waals surface area contributed by atoms with Crippen LogP contribution in [0.4, 0.5) is 5.69 Å². The molecule has 1 aromatic rings. The standard InChI is InChI=1S/C17H26ClNO2/c1-4-15(5-2)10-12-21-13-11-19(14(3)20)17-9-7-6-8-16(17)18/h6-9,15H,4-5,10-13H2,1-3H3. The number of ether oxygens (including phenoxy) is 1. The number of carbonyl (C=O) groups is 1. The van der Waals surface area contributed by atoms with Crippen molar-refractivity contribution in [1.82, 2.24) is 0 Å². The van der Waals surface area contributed by atoms with Crippen LogP contribution in [0.1, 0.15) is 40.0 Å². The fraction of sp³-hybridized carbons (Fsp3) is 0.588. The Bertz CT molecular complexity index is 433. The van der Waals surface area contributed by atoms with Crippen molar-refractivity contribution in [2.75, 3.05) is 24.7 Å². The summed E-state index contributed by atoms with van der Waals surface area (Å²) in [4.78, 5) is 13.4. The van der Waals surface area contributed by atoms with Crippen LogP contribution in [0, 0.1) is 5.92 Å². The molecule has 0 aliphatic rings. The predicted molar refractivity (Wildman–Crippen MR) is 89.0 cm³/mol. The maximum absolute atomic E-state index is 11.8. The summed E-state index contributed by atoms with van der Waals surface area (Å²) in [6, 6.07) is 7.39. The van der Waals surface area contributed by atoms with E-state index in [1.165, 1.54) is 12.8 Å². The van der Waals surface area contributed by atoms with Crippen LogP contribution < -0.4 is 4.90 Å². The third-order valence-electron chi connectivity index (χ3n) is 3.81. The number of hydrogen-bond donors (Lipinski definition) is 0. The van der Waals surface area contributed by atoms with Crippen LogP contribution >= 0.6 is 11.6 Å². The zero-order chi connectivity index (χ0) is 15.7. The summed E-state index contributed by atoms with van der Waals surface area (Å²) in [7, 11) is 0. The molecule has 0 unspecified atom stereocenters. The van der Waals surface area contributed by atoms with E-state index in [9.17, 15) is 4.79 Å². The van der Waals surface area contributed by atoms with Crippen molar-refractivity contribution in [2.24, 2.45) is 5.92 Å². The quantitative estimate of drug-likeness (QED) is 0.627. The van der Waals surface area contributed by atoms with Gasteiger partial charge in [-0.3, -0.25) is 4.79 Å². The molecule has 118 valence electrons. The first-order valence-corrected chi connectivity index (χ1v) is 8.08. The number of benzene rings is 1. The number of amides is 1. The van der Waals surface area contributed by atoms with Crippen LogP contribution in [0.25, 0.3) is 0 Å². The Kier molecular flexibility index (Phi) is 8.40. The van der Waals surface area contributed by atoms with E-state index in [4.69, 9.17) is 16.3 Å². The third-order valence-corrected chi connectivity index (χ3v) is 4.13. The SMILES string of the molecule is CCC(CC)CCOCCN(C(C)=O)c1ccccc1Cl. The number of halogens is 1. The molecule has 1 rings (SSSR count). The first-order chi connectivity index (χ1) is 10.1. The van der Waals surface area contributed by atoms with Gasteiger partial charge >= 0.3 is 0 Å². The van der Waals surface area contributed by atoms with E-state index >= 15 is 0 Å². The van der Waals surface area contributed by atoms with Gasteiger partial charge < -0.3 is 9.64 Å². The molecule has 1 amide bonds. The van der Waals surface area contributed by atoms with Crippen molar-refractivity contribution in [1.29, 1.82) is 0 Å². The molecule has 0 saturated carbocycles. The van der Waals surface area contributed by atoms with Gasteiger partial charge in [0.25, 0.3) is 0 Å². The Balaban J connectivity index is 2.43. The largest absolute Gasteiger partial charge is 0.380 e. The molecular formula is C17H26ClNO2. The highest BCUT2D eigenvalue weighted by Gasteiger charge is 2.14. The lowest BCUT2D eigenvalue weighted by molar-refractivity contribution is -0.116. The van der Waals surface area contributed by atoms with E-state index in [1.54, 1.807) is 17.9 Å². The van der Waals surface area contributed by atoms with Crippen LogP contribution in [0.3, 0.4) is 0 Å². The van der Waals surface area contributed by atoms with Crippen LogP contribution in [0.15, 0.2) is 24.3 Å². The summed E-state index contributed by atoms with van der Waals surface area (Å²) in [6.45, 7) is 7.78. The molecule has 0 fully saturated rings. The Morgan fingerprint density at radius 1 is 1.24 bits per heavy atom. The van der Waals surface area contributed by atoms with Crippen LogP contribution in [0.5, 0.6) is 0 Å².